The van der Waals surface area contributed by atoms with Crippen LogP contribution in [0.1, 0.15) is 5.56 Å². The Balaban J connectivity index is 1.77. The molecule has 24 heavy (non-hydrogen) atoms. The quantitative estimate of drug-likeness (QED) is 0.723. The topological polar surface area (TPSA) is 47.4 Å². The van der Waals surface area contributed by atoms with Crippen LogP contribution in [0.25, 0.3) is 10.8 Å². The molecule has 2 aromatic carbocycles. The number of nitrogens with zero attached hydrogens (tertiary/aromatic N) is 3. The van der Waals surface area contributed by atoms with E-state index in [0.717, 1.165) is 10.9 Å². The summed E-state index contributed by atoms with van der Waals surface area (Å²) in [5.41, 5.74) is 0.658. The van der Waals surface area contributed by atoms with Crippen molar-refractivity contribution >= 4 is 10.8 Å². The Morgan fingerprint density at radius 3 is 2.79 bits per heavy atom. The van der Waals surface area contributed by atoms with Gasteiger partial charge in [0.2, 0.25) is 0 Å². The van der Waals surface area contributed by atoms with E-state index in [0.29, 0.717) is 18.6 Å². The van der Waals surface area contributed by atoms with Crippen molar-refractivity contribution in [3.8, 4) is 5.75 Å². The van der Waals surface area contributed by atoms with Crippen LogP contribution in [-0.2, 0) is 13.2 Å². The number of aromatic nitrogens is 2. The molecule has 0 bridgehead atoms. The summed E-state index contributed by atoms with van der Waals surface area (Å²) in [4.78, 5) is 14.3. The highest BCUT2D eigenvalue weighted by Crippen LogP contribution is 2.18. The molecule has 0 atom stereocenters. The number of halogens is 1. The highest BCUT2D eigenvalue weighted by Gasteiger charge is 2.09. The second-order valence-electron chi connectivity index (χ2n) is 5.66. The van der Waals surface area contributed by atoms with E-state index in [1.807, 2.05) is 30.1 Å². The molecule has 0 amide bonds. The fourth-order valence-electron chi connectivity index (χ4n) is 2.63. The Hall–Kier alpha value is -2.73. The third kappa shape index (κ3) is 3.28. The van der Waals surface area contributed by atoms with Crippen LogP contribution in [0.2, 0.25) is 0 Å². The molecular weight excluding hydrogens is 309 g/mol. The third-order valence-electron chi connectivity index (χ3n) is 3.81. The van der Waals surface area contributed by atoms with E-state index in [2.05, 4.69) is 5.10 Å². The molecule has 0 saturated carbocycles. The average Bonchev–Trinajstić information content (AvgIpc) is 2.58. The molecule has 6 heteroatoms. The summed E-state index contributed by atoms with van der Waals surface area (Å²) in [5, 5.41) is 5.66. The summed E-state index contributed by atoms with van der Waals surface area (Å²) >= 11 is 0. The van der Waals surface area contributed by atoms with Gasteiger partial charge in [-0.15, -0.1) is 0 Å². The lowest BCUT2D eigenvalue weighted by Crippen LogP contribution is -2.31. The second-order valence-corrected chi connectivity index (χ2v) is 5.66. The molecular formula is C18H18FN3O2. The monoisotopic (exact) mass is 327 g/mol. The molecule has 0 unspecified atom stereocenters. The molecule has 0 aliphatic heterocycles. The van der Waals surface area contributed by atoms with Gasteiger partial charge in [-0.05, 0) is 30.8 Å². The minimum absolute atomic E-state index is 0.138. The van der Waals surface area contributed by atoms with Gasteiger partial charge in [-0.25, -0.2) is 9.07 Å². The number of benzene rings is 2. The van der Waals surface area contributed by atoms with E-state index in [4.69, 9.17) is 4.74 Å². The summed E-state index contributed by atoms with van der Waals surface area (Å²) in [6, 6.07) is 12.2. The molecule has 0 N–H and O–H groups in total. The highest BCUT2D eigenvalue weighted by atomic mass is 19.1. The van der Waals surface area contributed by atoms with Gasteiger partial charge in [0.05, 0.1) is 25.4 Å². The van der Waals surface area contributed by atoms with E-state index in [-0.39, 0.29) is 11.3 Å². The van der Waals surface area contributed by atoms with Gasteiger partial charge in [-0.3, -0.25) is 9.69 Å². The van der Waals surface area contributed by atoms with Crippen LogP contribution < -0.4 is 10.3 Å². The fraction of sp³-hybridized carbons (Fsp3) is 0.222. The van der Waals surface area contributed by atoms with E-state index in [9.17, 15) is 9.18 Å². The number of hydrogen-bond acceptors (Lipinski definition) is 4. The Morgan fingerprint density at radius 1 is 1.25 bits per heavy atom. The van der Waals surface area contributed by atoms with Crippen molar-refractivity contribution < 1.29 is 9.13 Å². The Morgan fingerprint density at radius 2 is 2.04 bits per heavy atom. The third-order valence-corrected chi connectivity index (χ3v) is 3.81. The predicted molar refractivity (Wildman–Crippen MR) is 90.4 cm³/mol. The predicted octanol–water partition coefficient (Wildman–Crippen LogP) is 2.63. The van der Waals surface area contributed by atoms with E-state index in [1.165, 1.54) is 17.9 Å². The number of ether oxygens (including phenoxy) is 1. The maximum atomic E-state index is 13.8. The van der Waals surface area contributed by atoms with E-state index < -0.39 is 5.82 Å². The van der Waals surface area contributed by atoms with Gasteiger partial charge in [0.25, 0.3) is 5.56 Å². The van der Waals surface area contributed by atoms with Gasteiger partial charge in [-0.2, -0.15) is 5.10 Å². The summed E-state index contributed by atoms with van der Waals surface area (Å²) in [7, 11) is 3.29. The van der Waals surface area contributed by atoms with Crippen LogP contribution in [0.15, 0.2) is 53.5 Å². The normalized spacial score (nSPS) is 11.2. The Bertz CT molecular complexity index is 924. The van der Waals surface area contributed by atoms with Gasteiger partial charge >= 0.3 is 0 Å². The first-order valence-electron chi connectivity index (χ1n) is 7.54. The average molecular weight is 327 g/mol. The van der Waals surface area contributed by atoms with Crippen LogP contribution >= 0.6 is 0 Å². The lowest BCUT2D eigenvalue weighted by atomic mass is 10.2. The van der Waals surface area contributed by atoms with Crippen molar-refractivity contribution in [2.75, 3.05) is 14.2 Å². The largest absolute Gasteiger partial charge is 0.494 e. The van der Waals surface area contributed by atoms with Crippen LogP contribution in [0.3, 0.4) is 0 Å². The van der Waals surface area contributed by atoms with Crippen LogP contribution in [-0.4, -0.2) is 28.8 Å². The first-order valence-corrected chi connectivity index (χ1v) is 7.54. The standard InChI is InChI=1S/C18H18FN3O2/c1-21(11-13-7-8-17(24-2)16(19)9-13)12-22-18(23)15-6-4-3-5-14(15)10-20-22/h3-10H,11-12H2,1-2H3. The number of methoxy groups -OCH3 is 1. The second kappa shape index (κ2) is 6.80. The molecule has 0 saturated heterocycles. The molecule has 0 radical (unpaired) electrons. The maximum absolute atomic E-state index is 13.8. The smallest absolute Gasteiger partial charge is 0.275 e. The van der Waals surface area contributed by atoms with Crippen molar-refractivity contribution in [2.24, 2.45) is 0 Å². The van der Waals surface area contributed by atoms with Crippen molar-refractivity contribution in [1.82, 2.24) is 14.7 Å². The van der Waals surface area contributed by atoms with E-state index in [1.54, 1.807) is 24.4 Å². The SMILES string of the molecule is COc1ccc(CN(C)Cn2ncc3ccccc3c2=O)cc1F. The lowest BCUT2D eigenvalue weighted by molar-refractivity contribution is 0.240. The summed E-state index contributed by atoms with van der Waals surface area (Å²) < 4.78 is 20.1. The zero-order valence-corrected chi connectivity index (χ0v) is 13.6. The Labute approximate surface area is 138 Å². The summed E-state index contributed by atoms with van der Waals surface area (Å²) in [6.07, 6.45) is 1.68. The van der Waals surface area contributed by atoms with Crippen molar-refractivity contribution in [2.45, 2.75) is 13.2 Å². The molecule has 0 fully saturated rings. The van der Waals surface area contributed by atoms with Gasteiger partial charge in [0.1, 0.15) is 0 Å². The van der Waals surface area contributed by atoms with Gasteiger partial charge in [0.15, 0.2) is 11.6 Å². The fourth-order valence-corrected chi connectivity index (χ4v) is 2.63. The number of hydrogen-bond donors (Lipinski definition) is 0. The zero-order chi connectivity index (χ0) is 17.1. The molecule has 1 aromatic heterocycles. The highest BCUT2D eigenvalue weighted by molar-refractivity contribution is 5.80. The number of rotatable bonds is 5. The molecule has 3 rings (SSSR count). The molecule has 1 heterocycles. The molecule has 124 valence electrons. The molecule has 0 aliphatic rings. The zero-order valence-electron chi connectivity index (χ0n) is 13.6. The molecule has 0 aliphatic carbocycles. The first-order chi connectivity index (χ1) is 11.6. The van der Waals surface area contributed by atoms with Gasteiger partial charge in [0, 0.05) is 11.9 Å². The van der Waals surface area contributed by atoms with Crippen molar-refractivity contribution in [1.29, 1.82) is 0 Å². The van der Waals surface area contributed by atoms with Crippen LogP contribution in [0, 0.1) is 5.82 Å². The van der Waals surface area contributed by atoms with Crippen LogP contribution in [0.4, 0.5) is 4.39 Å². The molecule has 0 spiro atoms. The maximum Gasteiger partial charge on any atom is 0.275 e. The van der Waals surface area contributed by atoms with E-state index >= 15 is 0 Å². The number of fused-ring (bicyclic) bond motifs is 1. The van der Waals surface area contributed by atoms with Gasteiger partial charge < -0.3 is 4.74 Å². The summed E-state index contributed by atoms with van der Waals surface area (Å²) in [6.45, 7) is 0.805. The van der Waals surface area contributed by atoms with Crippen molar-refractivity contribution in [3.63, 3.8) is 0 Å². The summed E-state index contributed by atoms with van der Waals surface area (Å²) in [5.74, 6) is -0.182. The Kier molecular flexibility index (Phi) is 4.57. The molecule has 5 nitrogen and oxygen atoms in total. The van der Waals surface area contributed by atoms with Crippen LogP contribution in [0.5, 0.6) is 5.75 Å². The lowest BCUT2D eigenvalue weighted by Gasteiger charge is -2.18. The molecule has 3 aromatic rings. The minimum atomic E-state index is -0.399. The van der Waals surface area contributed by atoms with Crippen molar-refractivity contribution in [3.05, 3.63) is 70.4 Å². The van der Waals surface area contributed by atoms with Gasteiger partial charge in [-0.1, -0.05) is 24.3 Å². The first kappa shape index (κ1) is 16.1. The minimum Gasteiger partial charge on any atom is -0.494 e.